The quantitative estimate of drug-likeness (QED) is 0.750. The van der Waals surface area contributed by atoms with Crippen LogP contribution in [-0.4, -0.2) is 28.6 Å². The van der Waals surface area contributed by atoms with Crippen molar-refractivity contribution in [1.29, 1.82) is 0 Å². The number of para-hydroxylation sites is 1. The van der Waals surface area contributed by atoms with Crippen LogP contribution in [0.15, 0.2) is 52.6 Å². The molecule has 0 saturated carbocycles. The fourth-order valence-electron chi connectivity index (χ4n) is 3.70. The molecule has 1 atom stereocenters. The Bertz CT molecular complexity index is 1150. The lowest BCUT2D eigenvalue weighted by Crippen LogP contribution is -2.50. The van der Waals surface area contributed by atoms with Gasteiger partial charge in [-0.3, -0.25) is 15.1 Å². The summed E-state index contributed by atoms with van der Waals surface area (Å²) in [5, 5.41) is 11.6. The molecule has 0 saturated heterocycles. The van der Waals surface area contributed by atoms with Crippen LogP contribution < -0.4 is 25.4 Å². The van der Waals surface area contributed by atoms with Gasteiger partial charge in [-0.1, -0.05) is 55.8 Å². The van der Waals surface area contributed by atoms with Crippen molar-refractivity contribution in [1.82, 2.24) is 10.3 Å². The zero-order valence-corrected chi connectivity index (χ0v) is 17.4. The maximum Gasteiger partial charge on any atom is 0.276 e. The number of ether oxygens (including phenoxy) is 2. The van der Waals surface area contributed by atoms with Crippen molar-refractivity contribution >= 4 is 28.5 Å². The van der Waals surface area contributed by atoms with E-state index in [1.54, 1.807) is 16.8 Å². The number of hydrogen-bond donors (Lipinski definition) is 1. The van der Waals surface area contributed by atoms with E-state index in [4.69, 9.17) is 19.6 Å². The summed E-state index contributed by atoms with van der Waals surface area (Å²) in [5.74, 6) is 2.16. The molecule has 0 spiro atoms. The van der Waals surface area contributed by atoms with Crippen molar-refractivity contribution in [2.45, 2.75) is 32.4 Å². The first-order valence-corrected chi connectivity index (χ1v) is 11.1. The molecular formula is C22H22N4O3S. The number of carbonyl (C=O) groups excluding carboxylic acids is 1. The molecule has 0 aromatic heterocycles. The highest BCUT2D eigenvalue weighted by atomic mass is 32.2. The van der Waals surface area contributed by atoms with Gasteiger partial charge >= 0.3 is 0 Å². The average molecular weight is 423 g/mol. The van der Waals surface area contributed by atoms with Gasteiger partial charge in [-0.2, -0.15) is 0 Å². The average Bonchev–Trinajstić information content (AvgIpc) is 3.24. The third-order valence-corrected chi connectivity index (χ3v) is 6.15. The van der Waals surface area contributed by atoms with E-state index in [9.17, 15) is 4.79 Å². The van der Waals surface area contributed by atoms with E-state index in [0.717, 1.165) is 41.2 Å². The summed E-state index contributed by atoms with van der Waals surface area (Å²) in [6, 6.07) is 13.4. The third-order valence-electron chi connectivity index (χ3n) is 5.20. The number of nitrogens with one attached hydrogen (secondary N) is 1. The normalized spacial score (nSPS) is 18.9. The Kier molecular flexibility index (Phi) is 5.08. The highest BCUT2D eigenvalue weighted by molar-refractivity contribution is 8.13. The second-order valence-electron chi connectivity index (χ2n) is 7.24. The molecule has 0 radical (unpaired) electrons. The van der Waals surface area contributed by atoms with Gasteiger partial charge in [0.2, 0.25) is 6.79 Å². The first-order valence-electron chi connectivity index (χ1n) is 10.1. The monoisotopic (exact) mass is 422 g/mol. The summed E-state index contributed by atoms with van der Waals surface area (Å²) in [6.45, 7) is 2.39. The van der Waals surface area contributed by atoms with Crippen molar-refractivity contribution in [2.75, 3.05) is 12.5 Å². The lowest BCUT2D eigenvalue weighted by atomic mass is 10.1. The Labute approximate surface area is 178 Å². The second kappa shape index (κ2) is 8.02. The lowest BCUT2D eigenvalue weighted by Gasteiger charge is -2.34. The van der Waals surface area contributed by atoms with Gasteiger partial charge in [-0.25, -0.2) is 5.01 Å². The van der Waals surface area contributed by atoms with Crippen LogP contribution >= 0.6 is 11.8 Å². The molecule has 0 aliphatic carbocycles. The topological polar surface area (TPSA) is 75.5 Å². The summed E-state index contributed by atoms with van der Waals surface area (Å²) < 4.78 is 11.0. The highest BCUT2D eigenvalue weighted by Gasteiger charge is 2.35. The Balaban J connectivity index is 1.57. The summed E-state index contributed by atoms with van der Waals surface area (Å²) in [5.41, 5.74) is 1.40. The molecular weight excluding hydrogens is 400 g/mol. The highest BCUT2D eigenvalue weighted by Crippen LogP contribution is 2.38. The van der Waals surface area contributed by atoms with Gasteiger partial charge in [0, 0.05) is 16.5 Å². The smallest absolute Gasteiger partial charge is 0.276 e. The van der Waals surface area contributed by atoms with E-state index in [0.29, 0.717) is 22.4 Å². The molecule has 3 aliphatic heterocycles. The Morgan fingerprint density at radius 2 is 2.03 bits per heavy atom. The molecule has 3 heterocycles. The summed E-state index contributed by atoms with van der Waals surface area (Å²) in [7, 11) is 0. The third kappa shape index (κ3) is 3.41. The Hall–Kier alpha value is -3.00. The standard InChI is InChI=1S/C22H22N4O3S/c1-2-3-6-11-30-22-24-21(27)19-15-7-4-5-8-16(15)23-20(26(19)25-22)14-9-10-17-18(12-14)29-13-28-17/h4-5,7-10,12,20H,2-3,6,11,13H2,1H3,(H,24,25,27)/t20-/m1/s1. The number of rotatable bonds is 5. The molecule has 8 heteroatoms. The minimum atomic E-state index is -0.457. The maximum absolute atomic E-state index is 13.1. The predicted octanol–water partition coefficient (Wildman–Crippen LogP) is 2.48. The van der Waals surface area contributed by atoms with Crippen LogP contribution in [0.4, 0.5) is 0 Å². The number of benzene rings is 2. The van der Waals surface area contributed by atoms with Crippen molar-refractivity contribution in [3.05, 3.63) is 58.6 Å². The van der Waals surface area contributed by atoms with Crippen molar-refractivity contribution in [2.24, 2.45) is 10.1 Å². The lowest BCUT2D eigenvalue weighted by molar-refractivity contribution is -0.116. The molecule has 3 aliphatic rings. The number of unbranched alkanes of at least 4 members (excludes halogenated alkanes) is 2. The fourth-order valence-corrected chi connectivity index (χ4v) is 4.56. The van der Waals surface area contributed by atoms with Gasteiger partial charge in [0.05, 0.1) is 5.36 Å². The SMILES string of the molecule is CCCCCSC1=NN2C(=c3ccccc3=N[C@H]2c2ccc3c(c2)OCO3)C(=O)N1. The number of nitrogens with zero attached hydrogens (tertiary/aromatic N) is 3. The molecule has 0 bridgehead atoms. The molecule has 0 fully saturated rings. The van der Waals surface area contributed by atoms with Crippen LogP contribution in [0.5, 0.6) is 11.5 Å². The summed E-state index contributed by atoms with van der Waals surface area (Å²) in [4.78, 5) is 18.0. The van der Waals surface area contributed by atoms with Crippen LogP contribution in [0.2, 0.25) is 0 Å². The van der Waals surface area contributed by atoms with E-state index in [2.05, 4.69) is 12.2 Å². The van der Waals surface area contributed by atoms with Gasteiger partial charge in [-0.15, -0.1) is 5.10 Å². The van der Waals surface area contributed by atoms with E-state index in [1.807, 2.05) is 42.5 Å². The number of fused-ring (bicyclic) bond motifs is 3. The molecule has 154 valence electrons. The van der Waals surface area contributed by atoms with Gasteiger partial charge in [0.25, 0.3) is 5.91 Å². The number of hydrazone groups is 1. The molecule has 1 amide bonds. The molecule has 5 rings (SSSR count). The largest absolute Gasteiger partial charge is 0.454 e. The molecule has 0 unspecified atom stereocenters. The van der Waals surface area contributed by atoms with Gasteiger partial charge in [0.15, 0.2) is 22.8 Å². The molecule has 30 heavy (non-hydrogen) atoms. The van der Waals surface area contributed by atoms with Gasteiger partial charge in [0.1, 0.15) is 5.70 Å². The molecule has 1 N–H and O–H groups in total. The maximum atomic E-state index is 13.1. The van der Waals surface area contributed by atoms with E-state index < -0.39 is 6.17 Å². The Morgan fingerprint density at radius 1 is 1.17 bits per heavy atom. The minimum Gasteiger partial charge on any atom is -0.454 e. The van der Waals surface area contributed by atoms with Crippen LogP contribution in [0.1, 0.15) is 37.9 Å². The van der Waals surface area contributed by atoms with E-state index in [-0.39, 0.29) is 12.7 Å². The summed E-state index contributed by atoms with van der Waals surface area (Å²) in [6.07, 6.45) is 2.95. The first kappa shape index (κ1) is 19.0. The fraction of sp³-hybridized carbons (Fsp3) is 0.318. The number of amidine groups is 1. The molecule has 2 aromatic carbocycles. The first-order chi connectivity index (χ1) is 14.7. The molecule has 2 aromatic rings. The van der Waals surface area contributed by atoms with Crippen LogP contribution in [0, 0.1) is 0 Å². The number of thioether (sulfide) groups is 1. The molecule has 7 nitrogen and oxygen atoms in total. The van der Waals surface area contributed by atoms with Crippen molar-refractivity contribution in [3.63, 3.8) is 0 Å². The predicted molar refractivity (Wildman–Crippen MR) is 115 cm³/mol. The van der Waals surface area contributed by atoms with Crippen LogP contribution in [0.3, 0.4) is 0 Å². The zero-order valence-electron chi connectivity index (χ0n) is 16.6. The van der Waals surface area contributed by atoms with Crippen LogP contribution in [-0.2, 0) is 4.79 Å². The van der Waals surface area contributed by atoms with Gasteiger partial charge in [-0.05, 0) is 24.6 Å². The van der Waals surface area contributed by atoms with E-state index in [1.165, 1.54) is 0 Å². The number of hydrogen-bond acceptors (Lipinski definition) is 7. The van der Waals surface area contributed by atoms with Crippen LogP contribution in [0.25, 0.3) is 5.70 Å². The minimum absolute atomic E-state index is 0.156. The number of amides is 1. The van der Waals surface area contributed by atoms with Crippen molar-refractivity contribution < 1.29 is 14.3 Å². The van der Waals surface area contributed by atoms with E-state index >= 15 is 0 Å². The Morgan fingerprint density at radius 3 is 2.93 bits per heavy atom. The number of carbonyl (C=O) groups is 1. The van der Waals surface area contributed by atoms with Gasteiger partial charge < -0.3 is 9.47 Å². The zero-order chi connectivity index (χ0) is 20.5. The second-order valence-corrected chi connectivity index (χ2v) is 8.32. The van der Waals surface area contributed by atoms with Crippen molar-refractivity contribution in [3.8, 4) is 11.5 Å². The summed E-state index contributed by atoms with van der Waals surface area (Å²) >= 11 is 1.57.